The quantitative estimate of drug-likeness (QED) is 0.446. The SMILES string of the molecule is O=C(O)CN(CC(=O)O)CC(=O)O.c1ccc(Nc2cccc3ccccc23)cc1. The van der Waals surface area contributed by atoms with Gasteiger partial charge in [-0.15, -0.1) is 0 Å². The van der Waals surface area contributed by atoms with Gasteiger partial charge in [-0.05, 0) is 23.6 Å². The Bertz CT molecular complexity index is 963. The van der Waals surface area contributed by atoms with Crippen LogP contribution >= 0.6 is 0 Å². The molecule has 0 bridgehead atoms. The Morgan fingerprint density at radius 1 is 0.667 bits per heavy atom. The van der Waals surface area contributed by atoms with Gasteiger partial charge < -0.3 is 20.6 Å². The molecule has 0 aliphatic rings. The monoisotopic (exact) mass is 410 g/mol. The summed E-state index contributed by atoms with van der Waals surface area (Å²) in [7, 11) is 0. The number of nitrogens with zero attached hydrogens (tertiary/aromatic N) is 1. The van der Waals surface area contributed by atoms with E-state index in [0.717, 1.165) is 16.3 Å². The van der Waals surface area contributed by atoms with Gasteiger partial charge >= 0.3 is 17.9 Å². The maximum atomic E-state index is 10.1. The molecule has 0 unspecified atom stereocenters. The molecular weight excluding hydrogens is 388 g/mol. The van der Waals surface area contributed by atoms with Gasteiger partial charge in [0, 0.05) is 16.8 Å². The zero-order chi connectivity index (χ0) is 21.9. The molecule has 3 aromatic carbocycles. The van der Waals surface area contributed by atoms with Crippen molar-refractivity contribution in [2.75, 3.05) is 25.0 Å². The second-order valence-corrected chi connectivity index (χ2v) is 6.34. The highest BCUT2D eigenvalue weighted by atomic mass is 16.4. The van der Waals surface area contributed by atoms with E-state index < -0.39 is 37.5 Å². The summed E-state index contributed by atoms with van der Waals surface area (Å²) in [6.45, 7) is -1.80. The smallest absolute Gasteiger partial charge is 0.317 e. The first kappa shape index (κ1) is 22.4. The van der Waals surface area contributed by atoms with Crippen LogP contribution in [0.15, 0.2) is 72.8 Å². The van der Waals surface area contributed by atoms with Crippen LogP contribution in [-0.2, 0) is 14.4 Å². The lowest BCUT2D eigenvalue weighted by Gasteiger charge is -2.14. The lowest BCUT2D eigenvalue weighted by molar-refractivity contribution is -0.144. The molecule has 0 fully saturated rings. The van der Waals surface area contributed by atoms with E-state index in [1.165, 1.54) is 10.8 Å². The van der Waals surface area contributed by atoms with E-state index in [1.54, 1.807) is 0 Å². The fourth-order valence-electron chi connectivity index (χ4n) is 2.75. The van der Waals surface area contributed by atoms with Gasteiger partial charge in [-0.3, -0.25) is 19.3 Å². The third-order valence-corrected chi connectivity index (χ3v) is 3.92. The van der Waals surface area contributed by atoms with Crippen LogP contribution in [0, 0.1) is 0 Å². The topological polar surface area (TPSA) is 127 Å². The third-order valence-electron chi connectivity index (χ3n) is 3.92. The molecule has 3 rings (SSSR count). The minimum Gasteiger partial charge on any atom is -0.480 e. The van der Waals surface area contributed by atoms with Crippen LogP contribution in [0.25, 0.3) is 10.8 Å². The molecule has 0 heterocycles. The van der Waals surface area contributed by atoms with Crippen LogP contribution in [0.2, 0.25) is 0 Å². The second-order valence-electron chi connectivity index (χ2n) is 6.34. The van der Waals surface area contributed by atoms with Crippen molar-refractivity contribution in [3.8, 4) is 0 Å². The summed E-state index contributed by atoms with van der Waals surface area (Å²) in [6, 6.07) is 25.0. The molecule has 8 nitrogen and oxygen atoms in total. The number of hydrogen-bond donors (Lipinski definition) is 4. The van der Waals surface area contributed by atoms with Crippen molar-refractivity contribution in [1.29, 1.82) is 0 Å². The minimum atomic E-state index is -1.26. The van der Waals surface area contributed by atoms with E-state index in [2.05, 4.69) is 59.9 Å². The number of para-hydroxylation sites is 1. The van der Waals surface area contributed by atoms with Crippen molar-refractivity contribution in [3.05, 3.63) is 72.8 Å². The predicted octanol–water partition coefficient (Wildman–Crippen LogP) is 3.13. The standard InChI is InChI=1S/C16H13N.C6H9NO6/c1-2-9-14(10-3-1)17-16-12-6-8-13-7-4-5-11-15(13)16;8-4(9)1-7(2-5(10)11)3-6(12)13/h1-12,17H;1-3H2,(H,8,9)(H,10,11)(H,12,13). The van der Waals surface area contributed by atoms with E-state index in [1.807, 2.05) is 18.2 Å². The first-order valence-electron chi connectivity index (χ1n) is 9.02. The molecule has 0 radical (unpaired) electrons. The van der Waals surface area contributed by atoms with Crippen LogP contribution in [-0.4, -0.2) is 57.8 Å². The normalized spacial score (nSPS) is 10.2. The summed E-state index contributed by atoms with van der Waals surface area (Å²) in [6.07, 6.45) is 0. The summed E-state index contributed by atoms with van der Waals surface area (Å²) in [5.74, 6) is -3.78. The molecule has 30 heavy (non-hydrogen) atoms. The number of benzene rings is 3. The fraction of sp³-hybridized carbons (Fsp3) is 0.136. The third kappa shape index (κ3) is 7.61. The Labute approximate surface area is 173 Å². The lowest BCUT2D eigenvalue weighted by atomic mass is 10.1. The number of carboxylic acids is 3. The molecule has 4 N–H and O–H groups in total. The molecule has 0 aliphatic carbocycles. The molecule has 156 valence electrons. The van der Waals surface area contributed by atoms with E-state index in [4.69, 9.17) is 15.3 Å². The highest BCUT2D eigenvalue weighted by Gasteiger charge is 2.15. The Balaban J connectivity index is 0.000000224. The molecular formula is C22H22N2O6. The number of carboxylic acid groups (broad SMARTS) is 3. The number of nitrogens with one attached hydrogen (secondary N) is 1. The summed E-state index contributed by atoms with van der Waals surface area (Å²) in [5.41, 5.74) is 2.26. The lowest BCUT2D eigenvalue weighted by Crippen LogP contribution is -2.38. The Morgan fingerprint density at radius 2 is 1.17 bits per heavy atom. The number of carbonyl (C=O) groups is 3. The highest BCUT2D eigenvalue weighted by molar-refractivity contribution is 5.95. The van der Waals surface area contributed by atoms with Gasteiger partial charge in [0.2, 0.25) is 0 Å². The van der Waals surface area contributed by atoms with Gasteiger partial charge in [0.15, 0.2) is 0 Å². The van der Waals surface area contributed by atoms with Crippen LogP contribution in [0.1, 0.15) is 0 Å². The van der Waals surface area contributed by atoms with Crippen LogP contribution in [0.4, 0.5) is 11.4 Å². The van der Waals surface area contributed by atoms with Gasteiger partial charge in [0.25, 0.3) is 0 Å². The van der Waals surface area contributed by atoms with Crippen molar-refractivity contribution in [1.82, 2.24) is 4.90 Å². The molecule has 0 atom stereocenters. The first-order chi connectivity index (χ1) is 14.3. The molecule has 0 amide bonds. The zero-order valence-electron chi connectivity index (χ0n) is 16.1. The zero-order valence-corrected chi connectivity index (χ0v) is 16.1. The molecule has 0 saturated carbocycles. The first-order valence-corrected chi connectivity index (χ1v) is 9.02. The van der Waals surface area contributed by atoms with E-state index in [-0.39, 0.29) is 0 Å². The van der Waals surface area contributed by atoms with Gasteiger partial charge in [0.05, 0.1) is 19.6 Å². The Hall–Kier alpha value is -3.91. The number of aliphatic carboxylic acids is 3. The van der Waals surface area contributed by atoms with Gasteiger partial charge in [0.1, 0.15) is 0 Å². The number of anilines is 2. The van der Waals surface area contributed by atoms with E-state index in [9.17, 15) is 14.4 Å². The van der Waals surface area contributed by atoms with E-state index in [0.29, 0.717) is 0 Å². The van der Waals surface area contributed by atoms with Crippen molar-refractivity contribution < 1.29 is 29.7 Å². The molecule has 0 spiro atoms. The van der Waals surface area contributed by atoms with E-state index >= 15 is 0 Å². The van der Waals surface area contributed by atoms with Gasteiger partial charge in [-0.1, -0.05) is 54.6 Å². The van der Waals surface area contributed by atoms with Crippen molar-refractivity contribution in [2.45, 2.75) is 0 Å². The summed E-state index contributed by atoms with van der Waals surface area (Å²) >= 11 is 0. The molecule has 8 heteroatoms. The largest absolute Gasteiger partial charge is 0.480 e. The predicted molar refractivity (Wildman–Crippen MR) is 113 cm³/mol. The Morgan fingerprint density at radius 3 is 1.73 bits per heavy atom. The van der Waals surface area contributed by atoms with Crippen LogP contribution in [0.5, 0.6) is 0 Å². The van der Waals surface area contributed by atoms with Gasteiger partial charge in [-0.25, -0.2) is 0 Å². The van der Waals surface area contributed by atoms with Crippen LogP contribution < -0.4 is 5.32 Å². The average molecular weight is 410 g/mol. The van der Waals surface area contributed by atoms with Gasteiger partial charge in [-0.2, -0.15) is 0 Å². The van der Waals surface area contributed by atoms with Crippen molar-refractivity contribution in [2.24, 2.45) is 0 Å². The number of hydrogen-bond acceptors (Lipinski definition) is 5. The maximum absolute atomic E-state index is 10.1. The summed E-state index contributed by atoms with van der Waals surface area (Å²) < 4.78 is 0. The molecule has 0 aromatic heterocycles. The highest BCUT2D eigenvalue weighted by Crippen LogP contribution is 2.25. The molecule has 0 aliphatic heterocycles. The molecule has 0 saturated heterocycles. The molecule has 3 aromatic rings. The number of rotatable bonds is 8. The van der Waals surface area contributed by atoms with Crippen molar-refractivity contribution >= 4 is 40.1 Å². The van der Waals surface area contributed by atoms with Crippen LogP contribution in [0.3, 0.4) is 0 Å². The minimum absolute atomic E-state index is 0.599. The number of fused-ring (bicyclic) bond motifs is 1. The maximum Gasteiger partial charge on any atom is 0.317 e. The Kier molecular flexibility index (Phi) is 8.34. The summed E-state index contributed by atoms with van der Waals surface area (Å²) in [5, 5.41) is 30.8. The summed E-state index contributed by atoms with van der Waals surface area (Å²) in [4.78, 5) is 31.2. The fourth-order valence-corrected chi connectivity index (χ4v) is 2.75. The second kappa shape index (κ2) is 11.2. The van der Waals surface area contributed by atoms with Crippen molar-refractivity contribution in [3.63, 3.8) is 0 Å². The average Bonchev–Trinajstić information content (AvgIpc) is 2.68.